The number of carbonyl (C=O) groups is 1. The molecule has 1 N–H and O–H groups in total. The molecule has 0 radical (unpaired) electrons. The normalized spacial score (nSPS) is 10.9. The highest BCUT2D eigenvalue weighted by Gasteiger charge is 2.15. The van der Waals surface area contributed by atoms with E-state index in [1.165, 1.54) is 37.1 Å². The summed E-state index contributed by atoms with van der Waals surface area (Å²) >= 11 is 0. The van der Waals surface area contributed by atoms with Gasteiger partial charge in [0.05, 0.1) is 19.9 Å². The minimum atomic E-state index is -3.02. The number of hydrogen-bond acceptors (Lipinski definition) is 9. The van der Waals surface area contributed by atoms with Crippen LogP contribution in [0.2, 0.25) is 0 Å². The van der Waals surface area contributed by atoms with E-state index in [2.05, 4.69) is 34.8 Å². The number of methoxy groups -OCH3 is 2. The van der Waals surface area contributed by atoms with Crippen molar-refractivity contribution in [3.63, 3.8) is 0 Å². The van der Waals surface area contributed by atoms with E-state index in [1.54, 1.807) is 30.5 Å². The summed E-state index contributed by atoms with van der Waals surface area (Å²) in [5, 5.41) is 7.34. The molecule has 0 aliphatic heterocycles. The molecule has 12 heteroatoms. The van der Waals surface area contributed by atoms with E-state index in [4.69, 9.17) is 4.74 Å². The fourth-order valence-electron chi connectivity index (χ4n) is 2.86. The zero-order chi connectivity index (χ0) is 22.7. The third-order valence-corrected chi connectivity index (χ3v) is 4.25. The molecule has 4 heterocycles. The number of anilines is 2. The maximum absolute atomic E-state index is 12.7. The van der Waals surface area contributed by atoms with Gasteiger partial charge in [-0.05, 0) is 24.3 Å². The third kappa shape index (κ3) is 4.38. The Balaban J connectivity index is 1.62. The van der Waals surface area contributed by atoms with Crippen LogP contribution in [0.15, 0.2) is 48.8 Å². The molecular weight excluding hydrogens is 426 g/mol. The Hall–Kier alpha value is -4.35. The second-order valence-corrected chi connectivity index (χ2v) is 6.28. The average molecular weight is 442 g/mol. The lowest BCUT2D eigenvalue weighted by molar-refractivity contribution is -0.0515. The highest BCUT2D eigenvalue weighted by molar-refractivity contribution is 5.87. The molecule has 4 aromatic rings. The maximum Gasteiger partial charge on any atom is 0.387 e. The minimum absolute atomic E-state index is 0.0624. The average Bonchev–Trinajstić information content (AvgIpc) is 3.19. The molecule has 0 atom stereocenters. The van der Waals surface area contributed by atoms with Crippen LogP contribution in [0.3, 0.4) is 0 Å². The number of hydrogen-bond donors (Lipinski definition) is 1. The Morgan fingerprint density at radius 1 is 1.12 bits per heavy atom. The monoisotopic (exact) mass is 442 g/mol. The number of rotatable bonds is 7. The number of fused-ring (bicyclic) bond motifs is 1. The van der Waals surface area contributed by atoms with Gasteiger partial charge in [-0.25, -0.2) is 24.3 Å². The van der Waals surface area contributed by atoms with Crippen LogP contribution in [0.5, 0.6) is 11.6 Å². The molecule has 0 saturated heterocycles. The van der Waals surface area contributed by atoms with E-state index < -0.39 is 12.6 Å². The fourth-order valence-corrected chi connectivity index (χ4v) is 2.86. The molecule has 4 rings (SSSR count). The molecule has 0 aromatic carbocycles. The number of halogens is 2. The first-order valence-electron chi connectivity index (χ1n) is 9.15. The predicted molar refractivity (Wildman–Crippen MR) is 108 cm³/mol. The van der Waals surface area contributed by atoms with Gasteiger partial charge in [0.25, 0.3) is 5.88 Å². The van der Waals surface area contributed by atoms with Crippen molar-refractivity contribution in [2.45, 2.75) is 6.61 Å². The number of aromatic nitrogens is 5. The van der Waals surface area contributed by atoms with Gasteiger partial charge < -0.3 is 19.5 Å². The first-order chi connectivity index (χ1) is 15.5. The van der Waals surface area contributed by atoms with Crippen LogP contribution in [-0.4, -0.2) is 51.4 Å². The number of carbonyl (C=O) groups excluding carboxylic acids is 1. The van der Waals surface area contributed by atoms with Gasteiger partial charge in [-0.15, -0.1) is 5.10 Å². The van der Waals surface area contributed by atoms with Crippen LogP contribution in [-0.2, 0) is 4.74 Å². The van der Waals surface area contributed by atoms with E-state index in [9.17, 15) is 13.6 Å². The van der Waals surface area contributed by atoms with Gasteiger partial charge in [0.1, 0.15) is 5.82 Å². The van der Waals surface area contributed by atoms with Crippen molar-refractivity contribution >= 4 is 23.3 Å². The van der Waals surface area contributed by atoms with Crippen molar-refractivity contribution in [1.82, 2.24) is 24.6 Å². The highest BCUT2D eigenvalue weighted by atomic mass is 19.3. The van der Waals surface area contributed by atoms with Crippen LogP contribution < -0.4 is 14.8 Å². The fraction of sp³-hybridized carbons (Fsp3) is 0.150. The van der Waals surface area contributed by atoms with Gasteiger partial charge in [-0.1, -0.05) is 6.07 Å². The number of esters is 1. The largest absolute Gasteiger partial charge is 0.478 e. The van der Waals surface area contributed by atoms with Crippen molar-refractivity contribution in [2.24, 2.45) is 0 Å². The van der Waals surface area contributed by atoms with Crippen LogP contribution in [0.4, 0.5) is 20.4 Å². The summed E-state index contributed by atoms with van der Waals surface area (Å²) in [6.07, 6.45) is 3.09. The van der Waals surface area contributed by atoms with Gasteiger partial charge >= 0.3 is 12.6 Å². The van der Waals surface area contributed by atoms with Gasteiger partial charge in [0.2, 0.25) is 0 Å². The van der Waals surface area contributed by atoms with E-state index >= 15 is 0 Å². The SMILES string of the molecule is COC(=O)c1cccc(Nc2cc3nc(-c4cnc(OC)c(OC(F)F)c4)ccn3n2)n1. The third-order valence-electron chi connectivity index (χ3n) is 4.25. The van der Waals surface area contributed by atoms with Crippen LogP contribution in [0, 0.1) is 0 Å². The molecule has 0 aliphatic carbocycles. The lowest BCUT2D eigenvalue weighted by atomic mass is 10.2. The summed E-state index contributed by atoms with van der Waals surface area (Å²) in [5.74, 6) is 0.00317. The lowest BCUT2D eigenvalue weighted by Gasteiger charge is -2.10. The number of alkyl halides is 2. The molecule has 164 valence electrons. The quantitative estimate of drug-likeness (QED) is 0.431. The Morgan fingerprint density at radius 3 is 2.72 bits per heavy atom. The molecule has 0 amide bonds. The second kappa shape index (κ2) is 8.79. The maximum atomic E-state index is 12.7. The lowest BCUT2D eigenvalue weighted by Crippen LogP contribution is -2.05. The number of nitrogens with one attached hydrogen (secondary N) is 1. The Kier molecular flexibility index (Phi) is 5.75. The minimum Gasteiger partial charge on any atom is -0.478 e. The summed E-state index contributed by atoms with van der Waals surface area (Å²) in [7, 11) is 2.58. The summed E-state index contributed by atoms with van der Waals surface area (Å²) in [5.41, 5.74) is 1.54. The summed E-state index contributed by atoms with van der Waals surface area (Å²) in [6.45, 7) is -3.02. The summed E-state index contributed by atoms with van der Waals surface area (Å²) in [4.78, 5) is 24.3. The van der Waals surface area contributed by atoms with E-state index in [0.29, 0.717) is 28.5 Å². The molecule has 0 aliphatic rings. The van der Waals surface area contributed by atoms with E-state index in [0.717, 1.165) is 0 Å². The van der Waals surface area contributed by atoms with Crippen LogP contribution >= 0.6 is 0 Å². The zero-order valence-electron chi connectivity index (χ0n) is 16.8. The molecule has 10 nitrogen and oxygen atoms in total. The molecule has 0 spiro atoms. The summed E-state index contributed by atoms with van der Waals surface area (Å²) < 4.78 is 41.0. The van der Waals surface area contributed by atoms with Gasteiger partial charge in [0, 0.05) is 24.0 Å². The smallest absolute Gasteiger partial charge is 0.387 e. The Bertz CT molecular complexity index is 1280. The van der Waals surface area contributed by atoms with Gasteiger partial charge in [-0.2, -0.15) is 8.78 Å². The number of nitrogens with zero attached hydrogens (tertiary/aromatic N) is 5. The summed E-state index contributed by atoms with van der Waals surface area (Å²) in [6, 6.07) is 9.53. The predicted octanol–water partition coefficient (Wildman–Crippen LogP) is 3.33. The van der Waals surface area contributed by atoms with Crippen molar-refractivity contribution < 1.29 is 27.8 Å². The second-order valence-electron chi connectivity index (χ2n) is 6.28. The molecular formula is C20H16F2N6O4. The van der Waals surface area contributed by atoms with Gasteiger partial charge in [-0.3, -0.25) is 0 Å². The molecule has 0 fully saturated rings. The topological polar surface area (TPSA) is 113 Å². The van der Waals surface area contributed by atoms with Crippen molar-refractivity contribution in [1.29, 1.82) is 0 Å². The first-order valence-corrected chi connectivity index (χ1v) is 9.15. The van der Waals surface area contributed by atoms with Crippen LogP contribution in [0.25, 0.3) is 16.9 Å². The Labute approximate surface area is 179 Å². The molecule has 0 saturated carbocycles. The highest BCUT2D eigenvalue weighted by Crippen LogP contribution is 2.31. The van der Waals surface area contributed by atoms with E-state index in [1.807, 2.05) is 0 Å². The molecule has 0 bridgehead atoms. The molecule has 32 heavy (non-hydrogen) atoms. The van der Waals surface area contributed by atoms with Crippen LogP contribution in [0.1, 0.15) is 10.5 Å². The molecule has 4 aromatic heterocycles. The first kappa shape index (κ1) is 20.9. The number of ether oxygens (including phenoxy) is 3. The van der Waals surface area contributed by atoms with Crippen molar-refractivity contribution in [3.05, 3.63) is 54.5 Å². The van der Waals surface area contributed by atoms with E-state index in [-0.39, 0.29) is 17.3 Å². The van der Waals surface area contributed by atoms with Crippen molar-refractivity contribution in [3.8, 4) is 22.9 Å². The van der Waals surface area contributed by atoms with Gasteiger partial charge in [0.15, 0.2) is 22.9 Å². The number of pyridine rings is 2. The standard InChI is InChI=1S/C20H16F2N6O4/c1-30-18-14(32-20(21)22)8-11(10-23-18)12-6-7-28-17(25-12)9-16(27-28)26-15-5-3-4-13(24-15)19(29)31-2/h3-10,20H,1-2H3,(H,24,26,27). The van der Waals surface area contributed by atoms with Crippen molar-refractivity contribution in [2.75, 3.05) is 19.5 Å². The zero-order valence-corrected chi connectivity index (χ0v) is 16.8. The molecule has 0 unspecified atom stereocenters. The Morgan fingerprint density at radius 2 is 1.97 bits per heavy atom.